The quantitative estimate of drug-likeness (QED) is 0.832. The van der Waals surface area contributed by atoms with Gasteiger partial charge in [-0.1, -0.05) is 15.9 Å². The molecule has 1 fully saturated rings. The number of nitrogen functional groups attached to an aromatic ring is 1. The number of piperazine rings is 1. The number of hydrogen-bond donors (Lipinski definition) is 1. The summed E-state index contributed by atoms with van der Waals surface area (Å²) in [6, 6.07) is 5.33. The molecule has 0 radical (unpaired) electrons. The molecule has 0 saturated carbocycles. The van der Waals surface area contributed by atoms with E-state index in [9.17, 15) is 8.42 Å². The predicted octanol–water partition coefficient (Wildman–Crippen LogP) is 1.75. The second-order valence-corrected chi connectivity index (χ2v) is 8.04. The summed E-state index contributed by atoms with van der Waals surface area (Å²) in [6.07, 6.45) is 0. The largest absolute Gasteiger partial charge is 0.398 e. The number of benzene rings is 1. The molecule has 2 rings (SSSR count). The van der Waals surface area contributed by atoms with Gasteiger partial charge in [0.1, 0.15) is 4.90 Å². The third-order valence-corrected chi connectivity index (χ3v) is 6.06. The molecule has 0 unspecified atom stereocenters. The van der Waals surface area contributed by atoms with Crippen LogP contribution in [0.4, 0.5) is 5.69 Å². The molecule has 0 atom stereocenters. The van der Waals surface area contributed by atoms with E-state index in [-0.39, 0.29) is 10.6 Å². The van der Waals surface area contributed by atoms with Gasteiger partial charge in [-0.25, -0.2) is 8.42 Å². The molecule has 20 heavy (non-hydrogen) atoms. The van der Waals surface area contributed by atoms with Crippen LogP contribution < -0.4 is 5.73 Å². The summed E-state index contributed by atoms with van der Waals surface area (Å²) in [4.78, 5) is 2.47. The molecule has 1 aromatic carbocycles. The van der Waals surface area contributed by atoms with E-state index in [1.54, 1.807) is 18.2 Å². The maximum absolute atomic E-state index is 12.6. The second-order valence-electron chi connectivity index (χ2n) is 5.22. The van der Waals surface area contributed by atoms with Gasteiger partial charge in [-0.05, 0) is 32.0 Å². The first-order valence-corrected chi connectivity index (χ1v) is 8.85. The van der Waals surface area contributed by atoms with Crippen LogP contribution in [0, 0.1) is 0 Å². The number of nitrogens with two attached hydrogens (primary N) is 1. The van der Waals surface area contributed by atoms with E-state index < -0.39 is 10.0 Å². The highest BCUT2D eigenvalue weighted by molar-refractivity contribution is 9.10. The van der Waals surface area contributed by atoms with Crippen molar-refractivity contribution < 1.29 is 8.42 Å². The first-order valence-electron chi connectivity index (χ1n) is 6.61. The molecule has 0 aromatic heterocycles. The molecule has 0 spiro atoms. The van der Waals surface area contributed by atoms with Crippen LogP contribution in [0.15, 0.2) is 27.6 Å². The van der Waals surface area contributed by atoms with Crippen molar-refractivity contribution in [1.82, 2.24) is 9.21 Å². The minimum Gasteiger partial charge on any atom is -0.398 e. The van der Waals surface area contributed by atoms with Crippen molar-refractivity contribution in [3.63, 3.8) is 0 Å². The molecular weight excluding hydrogens is 342 g/mol. The fourth-order valence-corrected chi connectivity index (χ4v) is 4.25. The number of sulfonamides is 1. The van der Waals surface area contributed by atoms with Crippen molar-refractivity contribution in [3.8, 4) is 0 Å². The summed E-state index contributed by atoms with van der Waals surface area (Å²) in [5.74, 6) is 0. The van der Waals surface area contributed by atoms with Gasteiger partial charge in [0.25, 0.3) is 0 Å². The van der Waals surface area contributed by atoms with Crippen LogP contribution in [0.5, 0.6) is 0 Å². The van der Waals surface area contributed by atoms with E-state index in [2.05, 4.69) is 34.7 Å². The number of hydrogen-bond acceptors (Lipinski definition) is 4. The van der Waals surface area contributed by atoms with E-state index in [0.29, 0.717) is 19.1 Å². The monoisotopic (exact) mass is 361 g/mol. The maximum atomic E-state index is 12.6. The highest BCUT2D eigenvalue weighted by Gasteiger charge is 2.30. The van der Waals surface area contributed by atoms with Crippen LogP contribution in [0.2, 0.25) is 0 Å². The van der Waals surface area contributed by atoms with Gasteiger partial charge in [0.2, 0.25) is 10.0 Å². The van der Waals surface area contributed by atoms with Crippen molar-refractivity contribution in [2.45, 2.75) is 24.8 Å². The van der Waals surface area contributed by atoms with Crippen LogP contribution in [-0.2, 0) is 10.0 Å². The van der Waals surface area contributed by atoms with Crippen molar-refractivity contribution in [3.05, 3.63) is 22.7 Å². The summed E-state index contributed by atoms with van der Waals surface area (Å²) in [7, 11) is -3.50. The molecule has 1 aliphatic rings. The smallest absolute Gasteiger partial charge is 0.245 e. The van der Waals surface area contributed by atoms with Gasteiger partial charge in [0.05, 0.1) is 5.69 Å². The van der Waals surface area contributed by atoms with Gasteiger partial charge in [0, 0.05) is 36.7 Å². The molecule has 1 saturated heterocycles. The fraction of sp³-hybridized carbons (Fsp3) is 0.538. The van der Waals surface area contributed by atoms with Crippen LogP contribution in [0.25, 0.3) is 0 Å². The van der Waals surface area contributed by atoms with Gasteiger partial charge in [-0.3, -0.25) is 4.90 Å². The minimum absolute atomic E-state index is 0.193. The topological polar surface area (TPSA) is 66.6 Å². The molecule has 7 heteroatoms. The Hall–Kier alpha value is -0.630. The molecular formula is C13H20BrN3O2S. The lowest BCUT2D eigenvalue weighted by atomic mass is 10.3. The molecule has 112 valence electrons. The van der Waals surface area contributed by atoms with Gasteiger partial charge < -0.3 is 5.73 Å². The van der Waals surface area contributed by atoms with Gasteiger partial charge in [-0.15, -0.1) is 0 Å². The van der Waals surface area contributed by atoms with Crippen LogP contribution in [0.1, 0.15) is 13.8 Å². The fourth-order valence-electron chi connectivity index (χ4n) is 2.35. The lowest BCUT2D eigenvalue weighted by Crippen LogP contribution is -2.50. The third kappa shape index (κ3) is 3.16. The zero-order valence-electron chi connectivity index (χ0n) is 11.7. The first-order chi connectivity index (χ1) is 9.32. The van der Waals surface area contributed by atoms with Gasteiger partial charge in [0.15, 0.2) is 0 Å². The molecule has 2 N–H and O–H groups in total. The highest BCUT2D eigenvalue weighted by atomic mass is 79.9. The molecule has 0 bridgehead atoms. The maximum Gasteiger partial charge on any atom is 0.245 e. The van der Waals surface area contributed by atoms with Crippen molar-refractivity contribution in [2.24, 2.45) is 0 Å². The summed E-state index contributed by atoms with van der Waals surface area (Å²) in [5, 5.41) is 0. The van der Waals surface area contributed by atoms with E-state index in [4.69, 9.17) is 5.73 Å². The lowest BCUT2D eigenvalue weighted by Gasteiger charge is -2.36. The average Bonchev–Trinajstić information content (AvgIpc) is 2.38. The molecule has 1 aromatic rings. The average molecular weight is 362 g/mol. The second kappa shape index (κ2) is 6.01. The summed E-state index contributed by atoms with van der Waals surface area (Å²) < 4.78 is 27.5. The highest BCUT2D eigenvalue weighted by Crippen LogP contribution is 2.26. The standard InChI is InChI=1S/C13H20BrN3O2S/c1-10(2)16-5-7-17(8-6-16)20(18,19)13-4-3-11(14)9-12(13)15/h3-4,9-10H,5-8,15H2,1-2H3. The molecule has 1 heterocycles. The Bertz CT molecular complexity index is 581. The number of anilines is 1. The van der Waals surface area contributed by atoms with Gasteiger partial charge in [-0.2, -0.15) is 4.31 Å². The van der Waals surface area contributed by atoms with Crippen LogP contribution in [-0.4, -0.2) is 49.8 Å². The number of rotatable bonds is 3. The predicted molar refractivity (Wildman–Crippen MR) is 84.0 cm³/mol. The Kier molecular flexibility index (Phi) is 4.73. The zero-order valence-corrected chi connectivity index (χ0v) is 14.1. The van der Waals surface area contributed by atoms with E-state index in [1.807, 2.05) is 0 Å². The van der Waals surface area contributed by atoms with E-state index >= 15 is 0 Å². The Morgan fingerprint density at radius 2 is 1.80 bits per heavy atom. The Labute approximate surface area is 128 Å². The summed E-state index contributed by atoms with van der Waals surface area (Å²) >= 11 is 3.29. The summed E-state index contributed by atoms with van der Waals surface area (Å²) in [5.41, 5.74) is 6.13. The third-order valence-electron chi connectivity index (χ3n) is 3.59. The van der Waals surface area contributed by atoms with E-state index in [0.717, 1.165) is 17.6 Å². The van der Waals surface area contributed by atoms with Gasteiger partial charge >= 0.3 is 0 Å². The lowest BCUT2D eigenvalue weighted by molar-refractivity contribution is 0.154. The minimum atomic E-state index is -3.50. The van der Waals surface area contributed by atoms with Crippen LogP contribution >= 0.6 is 15.9 Å². The summed E-state index contributed by atoms with van der Waals surface area (Å²) in [6.45, 7) is 6.78. The number of halogens is 1. The van der Waals surface area contributed by atoms with Crippen LogP contribution in [0.3, 0.4) is 0 Å². The Morgan fingerprint density at radius 3 is 2.30 bits per heavy atom. The Morgan fingerprint density at radius 1 is 1.20 bits per heavy atom. The Balaban J connectivity index is 2.20. The molecule has 0 aliphatic carbocycles. The molecule has 5 nitrogen and oxygen atoms in total. The SMILES string of the molecule is CC(C)N1CCN(S(=O)(=O)c2ccc(Br)cc2N)CC1. The van der Waals surface area contributed by atoms with Crippen molar-refractivity contribution in [2.75, 3.05) is 31.9 Å². The van der Waals surface area contributed by atoms with Crippen molar-refractivity contribution >= 4 is 31.6 Å². The van der Waals surface area contributed by atoms with E-state index in [1.165, 1.54) is 4.31 Å². The van der Waals surface area contributed by atoms with Crippen molar-refractivity contribution in [1.29, 1.82) is 0 Å². The molecule has 0 amide bonds. The number of nitrogens with zero attached hydrogens (tertiary/aromatic N) is 2. The molecule has 1 aliphatic heterocycles. The zero-order chi connectivity index (χ0) is 14.9. The normalized spacial score (nSPS) is 18.6. The first kappa shape index (κ1) is 15.8.